The molecule has 0 aliphatic carbocycles. The largest absolute Gasteiger partial charge is 0.330 e. The molecule has 0 spiro atoms. The van der Waals surface area contributed by atoms with Crippen LogP contribution in [0.15, 0.2) is 24.5 Å². The fourth-order valence-corrected chi connectivity index (χ4v) is 2.17. The van der Waals surface area contributed by atoms with Crippen molar-refractivity contribution in [3.63, 3.8) is 0 Å². The third-order valence-corrected chi connectivity index (χ3v) is 3.41. The van der Waals surface area contributed by atoms with E-state index in [1.165, 1.54) is 10.6 Å². The molecule has 0 atom stereocenters. The predicted molar refractivity (Wildman–Crippen MR) is 63.2 cm³/mol. The Kier molecular flexibility index (Phi) is 4.85. The Morgan fingerprint density at radius 2 is 2.25 bits per heavy atom. The number of hydrogen-bond acceptors (Lipinski definition) is 4. The lowest BCUT2D eigenvalue weighted by atomic mass is 10.3. The molecule has 16 heavy (non-hydrogen) atoms. The Labute approximate surface area is 96.3 Å². The molecule has 0 radical (unpaired) electrons. The number of sulfonamides is 1. The van der Waals surface area contributed by atoms with Crippen LogP contribution in [-0.4, -0.2) is 37.1 Å². The fraction of sp³-hybridized carbons (Fsp3) is 0.500. The van der Waals surface area contributed by atoms with E-state index in [1.807, 2.05) is 6.07 Å². The van der Waals surface area contributed by atoms with Gasteiger partial charge in [-0.2, -0.15) is 4.31 Å². The van der Waals surface area contributed by atoms with Crippen LogP contribution in [-0.2, 0) is 16.6 Å². The van der Waals surface area contributed by atoms with Crippen molar-refractivity contribution in [2.45, 2.75) is 13.0 Å². The van der Waals surface area contributed by atoms with E-state index in [2.05, 4.69) is 4.98 Å². The van der Waals surface area contributed by atoms with Crippen molar-refractivity contribution >= 4 is 10.0 Å². The summed E-state index contributed by atoms with van der Waals surface area (Å²) in [6.45, 7) is 1.29. The zero-order chi connectivity index (χ0) is 12.0. The third kappa shape index (κ3) is 4.26. The summed E-state index contributed by atoms with van der Waals surface area (Å²) in [5, 5.41) is 0. The van der Waals surface area contributed by atoms with Gasteiger partial charge in [-0.3, -0.25) is 4.98 Å². The van der Waals surface area contributed by atoms with E-state index in [0.717, 1.165) is 5.56 Å². The molecule has 0 saturated heterocycles. The summed E-state index contributed by atoms with van der Waals surface area (Å²) in [7, 11) is -3.19. The number of nitrogens with zero attached hydrogens (tertiary/aromatic N) is 2. The molecule has 1 aromatic heterocycles. The highest BCUT2D eigenvalue weighted by Gasteiger charge is 2.15. The maximum Gasteiger partial charge on any atom is 0.211 e. The highest BCUT2D eigenvalue weighted by molar-refractivity contribution is 7.88. The zero-order valence-electron chi connectivity index (χ0n) is 9.33. The van der Waals surface area contributed by atoms with Crippen molar-refractivity contribution in [2.24, 2.45) is 5.73 Å². The number of aromatic nitrogens is 1. The maximum atomic E-state index is 11.5. The molecule has 0 bridgehead atoms. The van der Waals surface area contributed by atoms with E-state index in [1.54, 1.807) is 18.5 Å². The summed E-state index contributed by atoms with van der Waals surface area (Å²) < 4.78 is 24.4. The second-order valence-electron chi connectivity index (χ2n) is 3.60. The van der Waals surface area contributed by atoms with Gasteiger partial charge in [-0.1, -0.05) is 6.07 Å². The van der Waals surface area contributed by atoms with E-state index in [9.17, 15) is 8.42 Å². The minimum Gasteiger partial charge on any atom is -0.330 e. The van der Waals surface area contributed by atoms with Gasteiger partial charge in [0.1, 0.15) is 0 Å². The fourth-order valence-electron chi connectivity index (χ4n) is 1.33. The van der Waals surface area contributed by atoms with Crippen molar-refractivity contribution in [3.8, 4) is 0 Å². The first-order chi connectivity index (χ1) is 7.54. The van der Waals surface area contributed by atoms with Gasteiger partial charge in [0.2, 0.25) is 10.0 Å². The molecule has 1 aromatic rings. The van der Waals surface area contributed by atoms with Gasteiger partial charge in [0, 0.05) is 25.5 Å². The van der Waals surface area contributed by atoms with Gasteiger partial charge in [-0.15, -0.1) is 0 Å². The maximum absolute atomic E-state index is 11.5. The average molecular weight is 243 g/mol. The molecule has 0 aliphatic heterocycles. The van der Waals surface area contributed by atoms with Crippen LogP contribution in [0.25, 0.3) is 0 Å². The average Bonchev–Trinajstić information content (AvgIpc) is 2.24. The smallest absolute Gasteiger partial charge is 0.211 e. The molecular formula is C10H17N3O2S. The van der Waals surface area contributed by atoms with Crippen LogP contribution in [0.4, 0.5) is 0 Å². The van der Waals surface area contributed by atoms with Crippen molar-refractivity contribution in [2.75, 3.05) is 19.3 Å². The molecule has 1 heterocycles. The van der Waals surface area contributed by atoms with Crippen LogP contribution in [0.5, 0.6) is 0 Å². The second kappa shape index (κ2) is 5.93. The van der Waals surface area contributed by atoms with Gasteiger partial charge in [-0.05, 0) is 24.6 Å². The van der Waals surface area contributed by atoms with Crippen LogP contribution in [0.2, 0.25) is 0 Å². The topological polar surface area (TPSA) is 76.3 Å². The molecule has 2 N–H and O–H groups in total. The minimum atomic E-state index is -3.19. The molecule has 5 nitrogen and oxygen atoms in total. The van der Waals surface area contributed by atoms with E-state index in [0.29, 0.717) is 26.1 Å². The lowest BCUT2D eigenvalue weighted by Crippen LogP contribution is -2.31. The van der Waals surface area contributed by atoms with E-state index >= 15 is 0 Å². The van der Waals surface area contributed by atoms with Gasteiger partial charge >= 0.3 is 0 Å². The normalized spacial score (nSPS) is 11.9. The van der Waals surface area contributed by atoms with E-state index in [4.69, 9.17) is 5.73 Å². The molecule has 0 aromatic carbocycles. The Balaban J connectivity index is 2.72. The monoisotopic (exact) mass is 243 g/mol. The van der Waals surface area contributed by atoms with Crippen molar-refractivity contribution in [3.05, 3.63) is 30.1 Å². The summed E-state index contributed by atoms with van der Waals surface area (Å²) in [6.07, 6.45) is 5.20. The van der Waals surface area contributed by atoms with E-state index in [-0.39, 0.29) is 0 Å². The second-order valence-corrected chi connectivity index (χ2v) is 5.58. The van der Waals surface area contributed by atoms with E-state index < -0.39 is 10.0 Å². The number of rotatable bonds is 6. The molecule has 1 rings (SSSR count). The standard InChI is InChI=1S/C10H17N3O2S/c1-16(14,15)13(7-3-5-11)9-10-4-2-6-12-8-10/h2,4,6,8H,3,5,7,9,11H2,1H3. The highest BCUT2D eigenvalue weighted by atomic mass is 32.2. The molecule has 90 valence electrons. The Morgan fingerprint density at radius 3 is 2.75 bits per heavy atom. The van der Waals surface area contributed by atoms with Crippen molar-refractivity contribution in [1.82, 2.24) is 9.29 Å². The van der Waals surface area contributed by atoms with Crippen LogP contribution < -0.4 is 5.73 Å². The first-order valence-electron chi connectivity index (χ1n) is 5.08. The molecular weight excluding hydrogens is 226 g/mol. The number of hydrogen-bond donors (Lipinski definition) is 1. The molecule has 0 amide bonds. The van der Waals surface area contributed by atoms with Crippen LogP contribution in [0.1, 0.15) is 12.0 Å². The summed E-state index contributed by atoms with van der Waals surface area (Å²) in [4.78, 5) is 3.95. The van der Waals surface area contributed by atoms with Crippen molar-refractivity contribution < 1.29 is 8.42 Å². The minimum absolute atomic E-state index is 0.354. The van der Waals surface area contributed by atoms with Gasteiger partial charge in [0.15, 0.2) is 0 Å². The van der Waals surface area contributed by atoms with Crippen LogP contribution in [0, 0.1) is 0 Å². The predicted octanol–water partition coefficient (Wildman–Crippen LogP) is 0.192. The van der Waals surface area contributed by atoms with Gasteiger partial charge in [0.25, 0.3) is 0 Å². The van der Waals surface area contributed by atoms with Crippen LogP contribution >= 0.6 is 0 Å². The zero-order valence-corrected chi connectivity index (χ0v) is 10.2. The quantitative estimate of drug-likeness (QED) is 0.774. The van der Waals surface area contributed by atoms with Gasteiger partial charge in [0.05, 0.1) is 6.26 Å². The lowest BCUT2D eigenvalue weighted by Gasteiger charge is -2.19. The molecule has 0 fully saturated rings. The summed E-state index contributed by atoms with van der Waals surface area (Å²) >= 11 is 0. The SMILES string of the molecule is CS(=O)(=O)N(CCCN)Cc1cccnc1. The first-order valence-corrected chi connectivity index (χ1v) is 6.93. The Bertz CT molecular complexity index is 405. The first kappa shape index (κ1) is 13.1. The summed E-state index contributed by atoms with van der Waals surface area (Å²) in [5.74, 6) is 0. The summed E-state index contributed by atoms with van der Waals surface area (Å²) in [5.41, 5.74) is 6.26. The van der Waals surface area contributed by atoms with Crippen molar-refractivity contribution in [1.29, 1.82) is 0 Å². The molecule has 0 aliphatic rings. The number of pyridine rings is 1. The number of nitrogens with two attached hydrogens (primary N) is 1. The Hall–Kier alpha value is -0.980. The highest BCUT2D eigenvalue weighted by Crippen LogP contribution is 2.07. The van der Waals surface area contributed by atoms with Crippen LogP contribution in [0.3, 0.4) is 0 Å². The third-order valence-electron chi connectivity index (χ3n) is 2.16. The van der Waals surface area contributed by atoms with Gasteiger partial charge in [-0.25, -0.2) is 8.42 Å². The van der Waals surface area contributed by atoms with Gasteiger partial charge < -0.3 is 5.73 Å². The summed E-state index contributed by atoms with van der Waals surface area (Å²) in [6, 6.07) is 3.65. The lowest BCUT2D eigenvalue weighted by molar-refractivity contribution is 0.405. The molecule has 0 saturated carbocycles. The molecule has 0 unspecified atom stereocenters. The molecule has 6 heteroatoms. The Morgan fingerprint density at radius 1 is 1.50 bits per heavy atom.